The number of rotatable bonds is 7. The lowest BCUT2D eigenvalue weighted by Gasteiger charge is -2.13. The van der Waals surface area contributed by atoms with Crippen molar-refractivity contribution in [2.24, 2.45) is 0 Å². The first-order valence-corrected chi connectivity index (χ1v) is 6.94. The fraction of sp³-hybridized carbons (Fsp3) is 0.333. The first-order valence-electron chi connectivity index (χ1n) is 6.56. The molecule has 20 heavy (non-hydrogen) atoms. The predicted octanol–water partition coefficient (Wildman–Crippen LogP) is 2.87. The van der Waals surface area contributed by atoms with Gasteiger partial charge in [0.15, 0.2) is 0 Å². The Kier molecular flexibility index (Phi) is 6.61. The highest BCUT2D eigenvalue weighted by Crippen LogP contribution is 2.14. The van der Waals surface area contributed by atoms with Crippen LogP contribution in [0.4, 0.5) is 0 Å². The van der Waals surface area contributed by atoms with Crippen molar-refractivity contribution in [2.75, 3.05) is 13.1 Å². The van der Waals surface area contributed by atoms with Crippen molar-refractivity contribution in [2.45, 2.75) is 20.3 Å². The molecule has 1 aromatic carbocycles. The maximum absolute atomic E-state index is 12.4. The van der Waals surface area contributed by atoms with Crippen LogP contribution in [-0.2, 0) is 0 Å². The van der Waals surface area contributed by atoms with E-state index in [0.29, 0.717) is 29.5 Å². The number of carbonyl (C=O) groups is 1. The molecule has 0 aliphatic carbocycles. The number of hydrogen-bond donors (Lipinski definition) is 2. The van der Waals surface area contributed by atoms with E-state index in [4.69, 9.17) is 11.6 Å². The van der Waals surface area contributed by atoms with Crippen molar-refractivity contribution < 1.29 is 4.79 Å². The van der Waals surface area contributed by atoms with Gasteiger partial charge in [-0.1, -0.05) is 18.5 Å². The van der Waals surface area contributed by atoms with E-state index >= 15 is 0 Å². The molecule has 106 valence electrons. The molecule has 0 heterocycles. The number of Topliss-reactive ketones (excluding diaryl/α,β-unsaturated/α-hetero) is 1. The van der Waals surface area contributed by atoms with Crippen LogP contribution in [-0.4, -0.2) is 18.9 Å². The number of benzene rings is 1. The Morgan fingerprint density at radius 2 is 1.90 bits per heavy atom. The average molecular weight is 292 g/mol. The summed E-state index contributed by atoms with van der Waals surface area (Å²) < 4.78 is 0. The number of nitrogens with zero attached hydrogens (tertiary/aromatic N) is 1. The van der Waals surface area contributed by atoms with Crippen molar-refractivity contribution >= 4 is 17.4 Å². The Labute approximate surface area is 124 Å². The van der Waals surface area contributed by atoms with E-state index in [9.17, 15) is 10.1 Å². The summed E-state index contributed by atoms with van der Waals surface area (Å²) in [5, 5.41) is 15.9. The molecule has 2 N–H and O–H groups in total. The molecule has 0 unspecified atom stereocenters. The minimum absolute atomic E-state index is 0.0858. The molecule has 0 aliphatic rings. The Balaban J connectivity index is 3.10. The Bertz CT molecular complexity index is 529. The van der Waals surface area contributed by atoms with E-state index in [1.165, 1.54) is 0 Å². The van der Waals surface area contributed by atoms with E-state index in [-0.39, 0.29) is 11.4 Å². The summed E-state index contributed by atoms with van der Waals surface area (Å²) in [5.74, 6) is 0.167. The van der Waals surface area contributed by atoms with Gasteiger partial charge in [-0.15, -0.1) is 0 Å². The lowest BCUT2D eigenvalue weighted by molar-refractivity contribution is 0.103. The summed E-state index contributed by atoms with van der Waals surface area (Å²) in [5.41, 5.74) is 0.530. The number of halogens is 1. The van der Waals surface area contributed by atoms with Crippen LogP contribution in [0.5, 0.6) is 0 Å². The molecule has 0 saturated heterocycles. The largest absolute Gasteiger partial charge is 0.371 e. The molecule has 0 radical (unpaired) electrons. The van der Waals surface area contributed by atoms with Gasteiger partial charge in [0, 0.05) is 23.7 Å². The number of nitrogens with one attached hydrogen (secondary N) is 2. The van der Waals surface area contributed by atoms with E-state index < -0.39 is 0 Å². The summed E-state index contributed by atoms with van der Waals surface area (Å²) in [6, 6.07) is 8.48. The summed E-state index contributed by atoms with van der Waals surface area (Å²) in [6.07, 6.45) is 0.905. The molecular formula is C15H18ClN3O. The normalized spacial score (nSPS) is 11.3. The lowest BCUT2D eigenvalue weighted by atomic mass is 10.0. The zero-order chi connectivity index (χ0) is 15.0. The first kappa shape index (κ1) is 16.1. The smallest absolute Gasteiger partial charge is 0.207 e. The highest BCUT2D eigenvalue weighted by molar-refractivity contribution is 6.30. The van der Waals surface area contributed by atoms with Gasteiger partial charge in [-0.3, -0.25) is 4.79 Å². The van der Waals surface area contributed by atoms with Gasteiger partial charge in [-0.2, -0.15) is 5.26 Å². The van der Waals surface area contributed by atoms with Crippen molar-refractivity contribution in [3.63, 3.8) is 0 Å². The number of carbonyl (C=O) groups excluding carboxylic acids is 1. The Morgan fingerprint density at radius 1 is 1.25 bits per heavy atom. The quantitative estimate of drug-likeness (QED) is 0.461. The molecule has 0 saturated carbocycles. The zero-order valence-electron chi connectivity index (χ0n) is 11.7. The maximum Gasteiger partial charge on any atom is 0.207 e. The van der Waals surface area contributed by atoms with Gasteiger partial charge >= 0.3 is 0 Å². The minimum atomic E-state index is -0.316. The summed E-state index contributed by atoms with van der Waals surface area (Å²) >= 11 is 5.80. The topological polar surface area (TPSA) is 64.9 Å². The molecule has 0 bridgehead atoms. The number of allylic oxidation sites excluding steroid dienone is 1. The van der Waals surface area contributed by atoms with Crippen LogP contribution in [0.25, 0.3) is 0 Å². The highest BCUT2D eigenvalue weighted by Gasteiger charge is 2.17. The van der Waals surface area contributed by atoms with E-state index in [1.807, 2.05) is 19.9 Å². The third-order valence-electron chi connectivity index (χ3n) is 2.60. The van der Waals surface area contributed by atoms with Crippen molar-refractivity contribution in [3.8, 4) is 6.07 Å². The van der Waals surface area contributed by atoms with Crippen LogP contribution in [0, 0.1) is 11.3 Å². The summed E-state index contributed by atoms with van der Waals surface area (Å²) in [6.45, 7) is 5.26. The average Bonchev–Trinajstić information content (AvgIpc) is 2.46. The van der Waals surface area contributed by atoms with Gasteiger partial charge in [0.1, 0.15) is 17.5 Å². The molecule has 0 atom stereocenters. The molecule has 1 aromatic rings. The van der Waals surface area contributed by atoms with Crippen LogP contribution < -0.4 is 10.6 Å². The van der Waals surface area contributed by atoms with Crippen LogP contribution in [0.1, 0.15) is 30.6 Å². The second-order valence-electron chi connectivity index (χ2n) is 4.15. The molecule has 5 heteroatoms. The fourth-order valence-corrected chi connectivity index (χ4v) is 1.76. The number of hydrogen-bond acceptors (Lipinski definition) is 4. The molecule has 0 aliphatic heterocycles. The highest BCUT2D eigenvalue weighted by atomic mass is 35.5. The summed E-state index contributed by atoms with van der Waals surface area (Å²) in [4.78, 5) is 12.4. The van der Waals surface area contributed by atoms with Gasteiger partial charge in [-0.25, -0.2) is 0 Å². The lowest BCUT2D eigenvalue weighted by Crippen LogP contribution is -2.30. The minimum Gasteiger partial charge on any atom is -0.371 e. The fourth-order valence-electron chi connectivity index (χ4n) is 1.63. The second kappa shape index (κ2) is 8.23. The van der Waals surface area contributed by atoms with E-state index in [2.05, 4.69) is 10.6 Å². The predicted molar refractivity (Wildman–Crippen MR) is 80.4 cm³/mol. The van der Waals surface area contributed by atoms with Gasteiger partial charge in [0.2, 0.25) is 5.78 Å². The SMILES string of the molecule is CCCNC(NCC)=C(C#N)C(=O)c1ccc(Cl)cc1. The van der Waals surface area contributed by atoms with Crippen molar-refractivity contribution in [1.29, 1.82) is 5.26 Å². The standard InChI is InChI=1S/C15H18ClN3O/c1-3-9-19-15(18-4-2)13(10-17)14(20)11-5-7-12(16)8-6-11/h5-8,18-19H,3-4,9H2,1-2H3. The van der Waals surface area contributed by atoms with E-state index in [0.717, 1.165) is 6.42 Å². The Morgan fingerprint density at radius 3 is 2.40 bits per heavy atom. The number of nitriles is 1. The van der Waals surface area contributed by atoms with Crippen LogP contribution in [0.15, 0.2) is 35.7 Å². The molecule has 4 nitrogen and oxygen atoms in total. The van der Waals surface area contributed by atoms with Crippen LogP contribution >= 0.6 is 11.6 Å². The van der Waals surface area contributed by atoms with Gasteiger partial charge in [0.05, 0.1) is 0 Å². The van der Waals surface area contributed by atoms with Crippen LogP contribution in [0.3, 0.4) is 0 Å². The molecule has 0 fully saturated rings. The van der Waals surface area contributed by atoms with E-state index in [1.54, 1.807) is 24.3 Å². The Hall–Kier alpha value is -1.99. The van der Waals surface area contributed by atoms with Gasteiger partial charge in [-0.05, 0) is 37.6 Å². The van der Waals surface area contributed by atoms with Crippen molar-refractivity contribution in [1.82, 2.24) is 10.6 Å². The third-order valence-corrected chi connectivity index (χ3v) is 2.85. The third kappa shape index (κ3) is 4.29. The first-order chi connectivity index (χ1) is 9.63. The maximum atomic E-state index is 12.4. The van der Waals surface area contributed by atoms with Crippen LogP contribution in [0.2, 0.25) is 5.02 Å². The van der Waals surface area contributed by atoms with Crippen molar-refractivity contribution in [3.05, 3.63) is 46.2 Å². The second-order valence-corrected chi connectivity index (χ2v) is 4.59. The molecule has 0 spiro atoms. The molecular weight excluding hydrogens is 274 g/mol. The molecule has 0 amide bonds. The molecule has 0 aromatic heterocycles. The number of ketones is 1. The zero-order valence-corrected chi connectivity index (χ0v) is 12.4. The summed E-state index contributed by atoms with van der Waals surface area (Å²) in [7, 11) is 0. The monoisotopic (exact) mass is 291 g/mol. The van der Waals surface area contributed by atoms with Gasteiger partial charge < -0.3 is 10.6 Å². The molecule has 1 rings (SSSR count). The van der Waals surface area contributed by atoms with Gasteiger partial charge in [0.25, 0.3) is 0 Å².